The summed E-state index contributed by atoms with van der Waals surface area (Å²) in [6.45, 7) is 1.42. The number of hydrogen-bond donors (Lipinski definition) is 2. The van der Waals surface area contributed by atoms with Crippen LogP contribution in [0, 0.1) is 0 Å². The molecule has 0 aliphatic rings. The largest absolute Gasteiger partial charge is 0.480 e. The third-order valence-corrected chi connectivity index (χ3v) is 0.390. The summed E-state index contributed by atoms with van der Waals surface area (Å²) >= 11 is 0. The molecule has 38 valence electrons. The van der Waals surface area contributed by atoms with Gasteiger partial charge in [-0.1, -0.05) is 0 Å². The van der Waals surface area contributed by atoms with Crippen molar-refractivity contribution in [3.05, 3.63) is 0 Å². The molecule has 0 radical (unpaired) electrons. The molecule has 0 aliphatic carbocycles. The average molecular weight is 91.1 g/mol. The van der Waals surface area contributed by atoms with Crippen LogP contribution in [0.25, 0.3) is 0 Å². The minimum Gasteiger partial charge on any atom is -0.480 e. The van der Waals surface area contributed by atoms with Gasteiger partial charge in [0.15, 0.2) is 0 Å². The van der Waals surface area contributed by atoms with Crippen LogP contribution in [-0.4, -0.2) is 17.1 Å². The molecular formula is C3H9NO2. The Kier molecular flexibility index (Phi) is 1.60. The van der Waals surface area contributed by atoms with Crippen molar-refractivity contribution in [2.45, 2.75) is 13.0 Å². The van der Waals surface area contributed by atoms with E-state index in [0.29, 0.717) is 0 Å². The molecule has 3 heteroatoms. The number of hydrogen-bond acceptors (Lipinski definition) is 2. The monoisotopic (exact) mass is 91.1 g/mol. The van der Waals surface area contributed by atoms with Crippen LogP contribution >= 0.6 is 0 Å². The van der Waals surface area contributed by atoms with Crippen molar-refractivity contribution in [3.63, 3.8) is 0 Å². The lowest BCUT2D eigenvalue weighted by atomic mass is 10.4. The number of carboxylic acids is 1. The smallest absolute Gasteiger partial charge is 0.320 e. The van der Waals surface area contributed by atoms with E-state index in [2.05, 4.69) is 0 Å². The topological polar surface area (TPSA) is 63.3 Å². The maximum absolute atomic E-state index is 9.57. The Balaban J connectivity index is 0. The van der Waals surface area contributed by atoms with E-state index in [0.717, 1.165) is 0 Å². The summed E-state index contributed by atoms with van der Waals surface area (Å²) < 4.78 is 0. The zero-order valence-electron chi connectivity index (χ0n) is 3.51. The molecule has 3 nitrogen and oxygen atoms in total. The number of carbonyl (C=O) groups is 1. The third kappa shape index (κ3) is 1.72. The summed E-state index contributed by atoms with van der Waals surface area (Å²) in [6, 6.07) is -0.731. The molecule has 0 aromatic carbocycles. The molecule has 0 saturated heterocycles. The molecule has 0 bridgehead atoms. The van der Waals surface area contributed by atoms with E-state index in [1.54, 1.807) is 0 Å². The van der Waals surface area contributed by atoms with Crippen LogP contribution in [0.15, 0.2) is 0 Å². The van der Waals surface area contributed by atoms with Crippen molar-refractivity contribution in [2.24, 2.45) is 5.73 Å². The van der Waals surface area contributed by atoms with Gasteiger partial charge in [-0.25, -0.2) is 0 Å². The van der Waals surface area contributed by atoms with E-state index in [9.17, 15) is 4.79 Å². The SMILES string of the molecule is CC(N)C(=O)O.[HH]. The van der Waals surface area contributed by atoms with E-state index in [-0.39, 0.29) is 1.43 Å². The first-order chi connectivity index (χ1) is 2.64. The van der Waals surface area contributed by atoms with Gasteiger partial charge in [-0.2, -0.15) is 0 Å². The predicted molar refractivity (Wildman–Crippen MR) is 23.4 cm³/mol. The van der Waals surface area contributed by atoms with Gasteiger partial charge in [0, 0.05) is 1.43 Å². The Morgan fingerprint density at radius 3 is 2.33 bits per heavy atom. The van der Waals surface area contributed by atoms with Gasteiger partial charge in [0.25, 0.3) is 0 Å². The molecule has 0 aromatic rings. The van der Waals surface area contributed by atoms with Crippen LogP contribution in [0.1, 0.15) is 8.35 Å². The van der Waals surface area contributed by atoms with Crippen molar-refractivity contribution >= 4 is 5.97 Å². The lowest BCUT2D eigenvalue weighted by Crippen LogP contribution is -2.25. The van der Waals surface area contributed by atoms with Gasteiger partial charge in [-0.15, -0.1) is 0 Å². The summed E-state index contributed by atoms with van der Waals surface area (Å²) in [5, 5.41) is 7.87. The van der Waals surface area contributed by atoms with Crippen molar-refractivity contribution in [1.82, 2.24) is 0 Å². The van der Waals surface area contributed by atoms with Crippen molar-refractivity contribution in [3.8, 4) is 0 Å². The predicted octanol–water partition coefficient (Wildman–Crippen LogP) is -0.336. The van der Waals surface area contributed by atoms with Crippen molar-refractivity contribution < 1.29 is 11.3 Å². The first-order valence-electron chi connectivity index (χ1n) is 1.63. The Bertz CT molecular complexity index is 64.0. The van der Waals surface area contributed by atoms with Gasteiger partial charge in [-0.05, 0) is 6.92 Å². The van der Waals surface area contributed by atoms with E-state index < -0.39 is 12.0 Å². The lowest BCUT2D eigenvalue weighted by Gasteiger charge is -1.90. The number of aliphatic carboxylic acids is 1. The normalized spacial score (nSPS) is 13.7. The second kappa shape index (κ2) is 1.77. The molecule has 0 saturated carbocycles. The first kappa shape index (κ1) is 5.43. The fourth-order valence-electron chi connectivity index (χ4n) is 0. The first-order valence-corrected chi connectivity index (χ1v) is 1.63. The van der Waals surface area contributed by atoms with Crippen LogP contribution in [0.2, 0.25) is 0 Å². The van der Waals surface area contributed by atoms with Gasteiger partial charge < -0.3 is 10.8 Å². The second-order valence-corrected chi connectivity index (χ2v) is 1.13. The van der Waals surface area contributed by atoms with Gasteiger partial charge in [0.05, 0.1) is 0 Å². The Labute approximate surface area is 37.2 Å². The third-order valence-electron chi connectivity index (χ3n) is 0.390. The fraction of sp³-hybridized carbons (Fsp3) is 0.667. The van der Waals surface area contributed by atoms with Gasteiger partial charge >= 0.3 is 5.97 Å². The average Bonchev–Trinajstić information content (AvgIpc) is 1.36. The van der Waals surface area contributed by atoms with Crippen molar-refractivity contribution in [1.29, 1.82) is 0 Å². The van der Waals surface area contributed by atoms with E-state index in [1.807, 2.05) is 0 Å². The number of rotatable bonds is 1. The summed E-state index contributed by atoms with van der Waals surface area (Å²) in [4.78, 5) is 9.57. The van der Waals surface area contributed by atoms with Crippen LogP contribution < -0.4 is 5.73 Å². The highest BCUT2D eigenvalue weighted by Crippen LogP contribution is 1.68. The molecule has 0 amide bonds. The van der Waals surface area contributed by atoms with Crippen LogP contribution in [-0.2, 0) is 4.79 Å². The standard InChI is InChI=1S/C3H7NO2.H2/c1-2(4)3(5)6;/h2H,4H2,1H3,(H,5,6);1H. The quantitative estimate of drug-likeness (QED) is 0.464. The van der Waals surface area contributed by atoms with Crippen LogP contribution in [0.5, 0.6) is 0 Å². The number of carboxylic acid groups (broad SMARTS) is 1. The molecule has 6 heavy (non-hydrogen) atoms. The summed E-state index contributed by atoms with van der Waals surface area (Å²) in [5.41, 5.74) is 4.84. The Morgan fingerprint density at radius 1 is 2.17 bits per heavy atom. The molecule has 0 aromatic heterocycles. The maximum atomic E-state index is 9.57. The highest BCUT2D eigenvalue weighted by molar-refractivity contribution is 5.72. The van der Waals surface area contributed by atoms with Gasteiger partial charge in [-0.3, -0.25) is 4.79 Å². The molecule has 0 spiro atoms. The lowest BCUT2D eigenvalue weighted by molar-refractivity contribution is -0.138. The Hall–Kier alpha value is -0.570. The zero-order valence-corrected chi connectivity index (χ0v) is 3.51. The molecule has 0 rings (SSSR count). The highest BCUT2D eigenvalue weighted by Gasteiger charge is 1.99. The molecule has 0 heterocycles. The highest BCUT2D eigenvalue weighted by atomic mass is 16.4. The Morgan fingerprint density at radius 2 is 2.33 bits per heavy atom. The van der Waals surface area contributed by atoms with E-state index >= 15 is 0 Å². The van der Waals surface area contributed by atoms with Gasteiger partial charge in [0.2, 0.25) is 0 Å². The summed E-state index contributed by atoms with van der Waals surface area (Å²) in [7, 11) is 0. The molecular weight excluding hydrogens is 82.0 g/mol. The van der Waals surface area contributed by atoms with Crippen LogP contribution in [0.4, 0.5) is 0 Å². The molecule has 1 unspecified atom stereocenters. The van der Waals surface area contributed by atoms with E-state index in [4.69, 9.17) is 10.8 Å². The molecule has 0 fully saturated rings. The molecule has 1 atom stereocenters. The van der Waals surface area contributed by atoms with Crippen molar-refractivity contribution in [2.75, 3.05) is 0 Å². The van der Waals surface area contributed by atoms with Gasteiger partial charge in [0.1, 0.15) is 6.04 Å². The summed E-state index contributed by atoms with van der Waals surface area (Å²) in [5.74, 6) is -0.963. The minimum atomic E-state index is -0.963. The molecule has 3 N–H and O–H groups in total. The summed E-state index contributed by atoms with van der Waals surface area (Å²) in [6.07, 6.45) is 0. The van der Waals surface area contributed by atoms with Crippen LogP contribution in [0.3, 0.4) is 0 Å². The maximum Gasteiger partial charge on any atom is 0.320 e. The van der Waals surface area contributed by atoms with E-state index in [1.165, 1.54) is 6.92 Å². The fourth-order valence-corrected chi connectivity index (χ4v) is 0. The molecule has 0 aliphatic heterocycles. The minimum absolute atomic E-state index is 0. The zero-order chi connectivity index (χ0) is 5.15. The second-order valence-electron chi connectivity index (χ2n) is 1.13. The number of nitrogens with two attached hydrogens (primary N) is 1.